The minimum absolute atomic E-state index is 0. The average molecular weight is 357 g/mol. The zero-order valence-corrected chi connectivity index (χ0v) is 14.3. The number of rotatable bonds is 3. The van der Waals surface area contributed by atoms with Crippen LogP contribution in [0.2, 0.25) is 5.02 Å². The van der Waals surface area contributed by atoms with Crippen molar-refractivity contribution in [2.24, 2.45) is 16.5 Å². The molecule has 2 heterocycles. The van der Waals surface area contributed by atoms with Gasteiger partial charge in [-0.2, -0.15) is 0 Å². The lowest BCUT2D eigenvalue weighted by atomic mass is 9.91. The molecule has 23 heavy (non-hydrogen) atoms. The van der Waals surface area contributed by atoms with E-state index in [4.69, 9.17) is 23.1 Å². The van der Waals surface area contributed by atoms with Crippen molar-refractivity contribution in [2.45, 2.75) is 5.66 Å². The molecular formula is C15H22Cl2N6. The molecule has 1 atom stereocenters. The Hall–Kier alpha value is -1.31. The Balaban J connectivity index is 0.00000192. The monoisotopic (exact) mass is 356 g/mol. The van der Waals surface area contributed by atoms with Crippen LogP contribution in [0, 0.1) is 0 Å². The standard InChI is InChI=1S/C15H21ClN6.ClH/c16-13-3-1-11(2-4-13)15(18)12(9-20-14(17)21-15)10-22-7-5-19-6-8-22;/h1-4,9,19H,5-8,10,18H2,(H3,17,20,21);1H. The number of nitrogens with one attached hydrogen (secondary N) is 2. The highest BCUT2D eigenvalue weighted by molar-refractivity contribution is 6.30. The van der Waals surface area contributed by atoms with E-state index in [-0.39, 0.29) is 12.4 Å². The predicted octanol–water partition coefficient (Wildman–Crippen LogP) is 0.580. The first-order chi connectivity index (χ1) is 10.6. The number of hydrogen-bond acceptors (Lipinski definition) is 6. The van der Waals surface area contributed by atoms with Gasteiger partial charge in [0.2, 0.25) is 0 Å². The van der Waals surface area contributed by atoms with Crippen LogP contribution in [0.25, 0.3) is 0 Å². The fourth-order valence-corrected chi connectivity index (χ4v) is 2.92. The van der Waals surface area contributed by atoms with Gasteiger partial charge >= 0.3 is 0 Å². The fourth-order valence-electron chi connectivity index (χ4n) is 2.80. The third kappa shape index (κ3) is 3.97. The Morgan fingerprint density at radius 3 is 2.52 bits per heavy atom. The van der Waals surface area contributed by atoms with Gasteiger partial charge in [0.15, 0.2) is 11.6 Å². The van der Waals surface area contributed by atoms with Crippen molar-refractivity contribution in [3.05, 3.63) is 46.6 Å². The van der Waals surface area contributed by atoms with Crippen LogP contribution in [-0.2, 0) is 5.66 Å². The number of piperazine rings is 1. The van der Waals surface area contributed by atoms with Gasteiger partial charge in [0.05, 0.1) is 0 Å². The molecule has 0 aromatic heterocycles. The number of aliphatic imine (C=N–C) groups is 1. The van der Waals surface area contributed by atoms with E-state index in [0.29, 0.717) is 11.0 Å². The zero-order valence-electron chi connectivity index (χ0n) is 12.8. The summed E-state index contributed by atoms with van der Waals surface area (Å²) in [6.45, 7) is 4.72. The van der Waals surface area contributed by atoms with Crippen molar-refractivity contribution in [1.82, 2.24) is 15.5 Å². The molecule has 0 amide bonds. The SMILES string of the molecule is Cl.NC1=NC(N)(c2ccc(Cl)cc2)C(CN2CCNCC2)=CN1. The van der Waals surface area contributed by atoms with Crippen LogP contribution >= 0.6 is 24.0 Å². The van der Waals surface area contributed by atoms with Crippen LogP contribution in [0.3, 0.4) is 0 Å². The van der Waals surface area contributed by atoms with Gasteiger partial charge in [0.25, 0.3) is 0 Å². The van der Waals surface area contributed by atoms with E-state index in [1.807, 2.05) is 30.5 Å². The molecule has 1 unspecified atom stereocenters. The topological polar surface area (TPSA) is 91.7 Å². The third-order valence-electron chi connectivity index (χ3n) is 4.07. The normalized spacial score (nSPS) is 25.0. The van der Waals surface area contributed by atoms with E-state index in [9.17, 15) is 0 Å². The van der Waals surface area contributed by atoms with Crippen LogP contribution in [0.15, 0.2) is 41.0 Å². The van der Waals surface area contributed by atoms with Gasteiger partial charge in [0.1, 0.15) is 0 Å². The average Bonchev–Trinajstić information content (AvgIpc) is 2.52. The second kappa shape index (κ2) is 7.51. The minimum atomic E-state index is -0.954. The number of nitrogens with two attached hydrogens (primary N) is 2. The quantitative estimate of drug-likeness (QED) is 0.635. The van der Waals surface area contributed by atoms with Crippen LogP contribution in [0.5, 0.6) is 0 Å². The van der Waals surface area contributed by atoms with E-state index >= 15 is 0 Å². The van der Waals surface area contributed by atoms with Crippen molar-refractivity contribution in [1.29, 1.82) is 0 Å². The highest BCUT2D eigenvalue weighted by atomic mass is 35.5. The molecule has 126 valence electrons. The van der Waals surface area contributed by atoms with Crippen molar-refractivity contribution in [3.8, 4) is 0 Å². The smallest absolute Gasteiger partial charge is 0.195 e. The summed E-state index contributed by atoms with van der Waals surface area (Å²) in [5.74, 6) is 0.321. The molecule has 0 spiro atoms. The molecule has 1 saturated heterocycles. The van der Waals surface area contributed by atoms with E-state index < -0.39 is 5.66 Å². The molecule has 0 radical (unpaired) electrons. The number of nitrogens with zero attached hydrogens (tertiary/aromatic N) is 2. The van der Waals surface area contributed by atoms with Crippen LogP contribution < -0.4 is 22.1 Å². The molecule has 0 aliphatic carbocycles. The van der Waals surface area contributed by atoms with E-state index in [1.165, 1.54) is 0 Å². The molecule has 2 aliphatic rings. The Bertz CT molecular complexity index is 594. The number of guanidine groups is 1. The number of benzene rings is 1. The first kappa shape index (κ1) is 18.0. The largest absolute Gasteiger partial charge is 0.370 e. The molecule has 3 rings (SSSR count). The summed E-state index contributed by atoms with van der Waals surface area (Å²) in [6.07, 6.45) is 1.87. The summed E-state index contributed by atoms with van der Waals surface area (Å²) < 4.78 is 0. The lowest BCUT2D eigenvalue weighted by molar-refractivity contribution is 0.248. The van der Waals surface area contributed by atoms with Gasteiger partial charge < -0.3 is 16.4 Å². The molecule has 2 aliphatic heterocycles. The second-order valence-electron chi connectivity index (χ2n) is 5.61. The maximum absolute atomic E-state index is 6.62. The van der Waals surface area contributed by atoms with Gasteiger partial charge in [0, 0.05) is 49.5 Å². The Kier molecular flexibility index (Phi) is 5.89. The summed E-state index contributed by atoms with van der Waals surface area (Å²) >= 11 is 5.97. The Morgan fingerprint density at radius 1 is 1.22 bits per heavy atom. The van der Waals surface area contributed by atoms with Gasteiger partial charge in [-0.3, -0.25) is 10.6 Å². The molecule has 6 nitrogen and oxygen atoms in total. The van der Waals surface area contributed by atoms with Crippen molar-refractivity contribution >= 4 is 30.0 Å². The molecular weight excluding hydrogens is 335 g/mol. The zero-order chi connectivity index (χ0) is 15.6. The van der Waals surface area contributed by atoms with Crippen LogP contribution in [-0.4, -0.2) is 43.6 Å². The summed E-state index contributed by atoms with van der Waals surface area (Å²) in [6, 6.07) is 7.44. The predicted molar refractivity (Wildman–Crippen MR) is 96.7 cm³/mol. The first-order valence-electron chi connectivity index (χ1n) is 7.37. The highest BCUT2D eigenvalue weighted by Gasteiger charge is 2.35. The molecule has 0 saturated carbocycles. The van der Waals surface area contributed by atoms with Crippen LogP contribution in [0.4, 0.5) is 0 Å². The highest BCUT2D eigenvalue weighted by Crippen LogP contribution is 2.31. The number of hydrogen-bond donors (Lipinski definition) is 4. The minimum Gasteiger partial charge on any atom is -0.370 e. The maximum Gasteiger partial charge on any atom is 0.195 e. The molecule has 0 bridgehead atoms. The van der Waals surface area contributed by atoms with Gasteiger partial charge in [-0.1, -0.05) is 23.7 Å². The molecule has 6 N–H and O–H groups in total. The molecule has 1 aromatic carbocycles. The van der Waals surface area contributed by atoms with E-state index in [2.05, 4.69) is 20.5 Å². The molecule has 8 heteroatoms. The molecule has 1 aromatic rings. The van der Waals surface area contributed by atoms with E-state index in [0.717, 1.165) is 43.9 Å². The van der Waals surface area contributed by atoms with Crippen molar-refractivity contribution in [3.63, 3.8) is 0 Å². The fraction of sp³-hybridized carbons (Fsp3) is 0.400. The molecule has 1 fully saturated rings. The van der Waals surface area contributed by atoms with Crippen molar-refractivity contribution < 1.29 is 0 Å². The second-order valence-corrected chi connectivity index (χ2v) is 6.05. The summed E-state index contributed by atoms with van der Waals surface area (Å²) in [5.41, 5.74) is 13.4. The summed E-state index contributed by atoms with van der Waals surface area (Å²) in [4.78, 5) is 6.83. The lowest BCUT2D eigenvalue weighted by Crippen LogP contribution is -2.51. The Morgan fingerprint density at radius 2 is 1.87 bits per heavy atom. The lowest BCUT2D eigenvalue weighted by Gasteiger charge is -2.36. The van der Waals surface area contributed by atoms with Gasteiger partial charge in [-0.25, -0.2) is 4.99 Å². The summed E-state index contributed by atoms with van der Waals surface area (Å²) in [7, 11) is 0. The van der Waals surface area contributed by atoms with Gasteiger partial charge in [-0.05, 0) is 17.7 Å². The third-order valence-corrected chi connectivity index (χ3v) is 4.32. The van der Waals surface area contributed by atoms with Crippen molar-refractivity contribution in [2.75, 3.05) is 32.7 Å². The first-order valence-corrected chi connectivity index (χ1v) is 7.75. The van der Waals surface area contributed by atoms with Gasteiger partial charge in [-0.15, -0.1) is 12.4 Å². The summed E-state index contributed by atoms with van der Waals surface area (Å²) in [5, 5.41) is 6.99. The maximum atomic E-state index is 6.62. The Labute approximate surface area is 147 Å². The van der Waals surface area contributed by atoms with Crippen LogP contribution in [0.1, 0.15) is 5.56 Å². The van der Waals surface area contributed by atoms with E-state index in [1.54, 1.807) is 0 Å². The number of halogens is 2.